The quantitative estimate of drug-likeness (QED) is 0.814. The molecule has 152 valence electrons. The molecule has 7 nitrogen and oxygen atoms in total. The molecule has 2 aromatic rings. The van der Waals surface area contributed by atoms with Crippen LogP contribution in [0, 0.1) is 12.8 Å². The first-order chi connectivity index (χ1) is 14.1. The van der Waals surface area contributed by atoms with Crippen molar-refractivity contribution in [3.8, 4) is 11.5 Å². The van der Waals surface area contributed by atoms with E-state index in [1.54, 1.807) is 12.1 Å². The van der Waals surface area contributed by atoms with Crippen molar-refractivity contribution >= 4 is 23.2 Å². The van der Waals surface area contributed by atoms with Crippen molar-refractivity contribution in [2.75, 3.05) is 37.1 Å². The van der Waals surface area contributed by atoms with Gasteiger partial charge in [0.2, 0.25) is 18.6 Å². The van der Waals surface area contributed by atoms with Crippen molar-refractivity contribution in [3.05, 3.63) is 48.0 Å². The Morgan fingerprint density at radius 1 is 0.966 bits per heavy atom. The molecule has 0 atom stereocenters. The lowest BCUT2D eigenvalue weighted by Crippen LogP contribution is -2.41. The number of amides is 2. The van der Waals surface area contributed by atoms with E-state index in [9.17, 15) is 9.59 Å². The van der Waals surface area contributed by atoms with Crippen LogP contribution < -0.4 is 20.1 Å². The number of carbonyl (C=O) groups is 2. The van der Waals surface area contributed by atoms with Gasteiger partial charge in [0.15, 0.2) is 11.5 Å². The van der Waals surface area contributed by atoms with Gasteiger partial charge in [-0.2, -0.15) is 0 Å². The number of hydrogen-bond acceptors (Lipinski definition) is 5. The number of carbonyl (C=O) groups excluding carboxylic acids is 2. The molecule has 29 heavy (non-hydrogen) atoms. The molecule has 2 aliphatic heterocycles. The highest BCUT2D eigenvalue weighted by molar-refractivity contribution is 5.93. The molecule has 2 aromatic carbocycles. The minimum Gasteiger partial charge on any atom is -0.454 e. The Morgan fingerprint density at radius 2 is 1.66 bits per heavy atom. The average molecular weight is 395 g/mol. The SMILES string of the molecule is Cc1ccc(NC(=O)CN2CCC(C(=O)Nc3ccc4c(c3)OCO4)CC2)cc1. The van der Waals surface area contributed by atoms with Gasteiger partial charge in [-0.15, -0.1) is 0 Å². The summed E-state index contributed by atoms with van der Waals surface area (Å²) in [6.45, 7) is 4.01. The largest absolute Gasteiger partial charge is 0.454 e. The molecular formula is C22H25N3O4. The van der Waals surface area contributed by atoms with E-state index in [1.807, 2.05) is 37.3 Å². The molecule has 0 aromatic heterocycles. The number of hydrogen-bond donors (Lipinski definition) is 2. The van der Waals surface area contributed by atoms with Gasteiger partial charge in [0, 0.05) is 23.4 Å². The molecule has 7 heteroatoms. The Bertz CT molecular complexity index is 889. The van der Waals surface area contributed by atoms with Gasteiger partial charge in [0.1, 0.15) is 0 Å². The Balaban J connectivity index is 1.23. The lowest BCUT2D eigenvalue weighted by atomic mass is 9.95. The molecule has 2 N–H and O–H groups in total. The topological polar surface area (TPSA) is 79.9 Å². The summed E-state index contributed by atoms with van der Waals surface area (Å²) in [4.78, 5) is 26.9. The molecule has 0 saturated carbocycles. The highest BCUT2D eigenvalue weighted by atomic mass is 16.7. The lowest BCUT2D eigenvalue weighted by molar-refractivity contribution is -0.121. The number of nitrogens with zero attached hydrogens (tertiary/aromatic N) is 1. The summed E-state index contributed by atoms with van der Waals surface area (Å²) in [5, 5.41) is 5.88. The van der Waals surface area contributed by atoms with E-state index >= 15 is 0 Å². The van der Waals surface area contributed by atoms with Gasteiger partial charge < -0.3 is 20.1 Å². The first kappa shape index (κ1) is 19.3. The smallest absolute Gasteiger partial charge is 0.238 e. The standard InChI is InChI=1S/C22H25N3O4/c1-15-2-4-17(5-3-15)23-21(26)13-25-10-8-16(9-11-25)22(27)24-18-6-7-19-20(12-18)29-14-28-19/h2-7,12,16H,8-11,13-14H2,1H3,(H,23,26)(H,24,27). The van der Waals surface area contributed by atoms with Crippen LogP contribution in [-0.2, 0) is 9.59 Å². The summed E-state index contributed by atoms with van der Waals surface area (Å²) in [7, 11) is 0. The second-order valence-electron chi connectivity index (χ2n) is 7.52. The third-order valence-electron chi connectivity index (χ3n) is 5.30. The number of ether oxygens (including phenoxy) is 2. The van der Waals surface area contributed by atoms with Gasteiger partial charge >= 0.3 is 0 Å². The minimum absolute atomic E-state index is 0.00706. The highest BCUT2D eigenvalue weighted by Gasteiger charge is 2.26. The number of anilines is 2. The van der Waals surface area contributed by atoms with Crippen molar-refractivity contribution in [2.24, 2.45) is 5.92 Å². The summed E-state index contributed by atoms with van der Waals surface area (Å²) in [6, 6.07) is 13.1. The Kier molecular flexibility index (Phi) is 5.67. The molecule has 2 heterocycles. The van der Waals surface area contributed by atoms with E-state index in [0.29, 0.717) is 23.7 Å². The zero-order valence-corrected chi connectivity index (χ0v) is 16.4. The molecule has 0 unspecified atom stereocenters. The van der Waals surface area contributed by atoms with E-state index in [2.05, 4.69) is 15.5 Å². The van der Waals surface area contributed by atoms with Crippen molar-refractivity contribution in [2.45, 2.75) is 19.8 Å². The van der Waals surface area contributed by atoms with Crippen LogP contribution in [0.2, 0.25) is 0 Å². The number of nitrogens with one attached hydrogen (secondary N) is 2. The summed E-state index contributed by atoms with van der Waals surface area (Å²) in [5.74, 6) is 1.26. The number of benzene rings is 2. The van der Waals surface area contributed by atoms with E-state index in [4.69, 9.17) is 9.47 Å². The molecule has 1 fully saturated rings. The van der Waals surface area contributed by atoms with Crippen LogP contribution in [0.5, 0.6) is 11.5 Å². The molecule has 0 radical (unpaired) electrons. The lowest BCUT2D eigenvalue weighted by Gasteiger charge is -2.30. The van der Waals surface area contributed by atoms with Crippen LogP contribution in [0.3, 0.4) is 0 Å². The second-order valence-corrected chi connectivity index (χ2v) is 7.52. The van der Waals surface area contributed by atoms with Gasteiger partial charge in [-0.3, -0.25) is 14.5 Å². The molecule has 2 aliphatic rings. The highest BCUT2D eigenvalue weighted by Crippen LogP contribution is 2.34. The zero-order valence-electron chi connectivity index (χ0n) is 16.4. The third kappa shape index (κ3) is 4.86. The monoisotopic (exact) mass is 395 g/mol. The molecule has 2 amide bonds. The van der Waals surface area contributed by atoms with Crippen molar-refractivity contribution in [1.29, 1.82) is 0 Å². The fourth-order valence-electron chi connectivity index (χ4n) is 3.61. The van der Waals surface area contributed by atoms with E-state index < -0.39 is 0 Å². The normalized spacial score (nSPS) is 16.4. The first-order valence-corrected chi connectivity index (χ1v) is 9.86. The fraction of sp³-hybridized carbons (Fsp3) is 0.364. The van der Waals surface area contributed by atoms with Crippen LogP contribution in [0.4, 0.5) is 11.4 Å². The van der Waals surface area contributed by atoms with Crippen molar-refractivity contribution in [1.82, 2.24) is 4.90 Å². The number of fused-ring (bicyclic) bond motifs is 1. The fourth-order valence-corrected chi connectivity index (χ4v) is 3.61. The van der Waals surface area contributed by atoms with Gasteiger partial charge in [-0.25, -0.2) is 0 Å². The number of aryl methyl sites for hydroxylation is 1. The molecule has 0 bridgehead atoms. The molecule has 0 spiro atoms. The second kappa shape index (κ2) is 8.53. The minimum atomic E-state index is -0.0585. The molecule has 1 saturated heterocycles. The van der Waals surface area contributed by atoms with Gasteiger partial charge in [-0.05, 0) is 57.1 Å². The summed E-state index contributed by atoms with van der Waals surface area (Å²) < 4.78 is 10.6. The zero-order chi connectivity index (χ0) is 20.2. The summed E-state index contributed by atoms with van der Waals surface area (Å²) >= 11 is 0. The van der Waals surface area contributed by atoms with Crippen LogP contribution >= 0.6 is 0 Å². The number of piperidine rings is 1. The molecule has 0 aliphatic carbocycles. The predicted molar refractivity (Wildman–Crippen MR) is 110 cm³/mol. The van der Waals surface area contributed by atoms with Crippen LogP contribution in [0.25, 0.3) is 0 Å². The maximum atomic E-state index is 12.6. The summed E-state index contributed by atoms with van der Waals surface area (Å²) in [6.07, 6.45) is 1.46. The average Bonchev–Trinajstić information content (AvgIpc) is 3.18. The van der Waals surface area contributed by atoms with Crippen LogP contribution in [0.1, 0.15) is 18.4 Å². The van der Waals surface area contributed by atoms with E-state index in [0.717, 1.165) is 37.2 Å². The Hall–Kier alpha value is -3.06. The molecule has 4 rings (SSSR count). The van der Waals surface area contributed by atoms with Crippen LogP contribution in [0.15, 0.2) is 42.5 Å². The molecular weight excluding hydrogens is 370 g/mol. The van der Waals surface area contributed by atoms with Crippen molar-refractivity contribution in [3.63, 3.8) is 0 Å². The summed E-state index contributed by atoms with van der Waals surface area (Å²) in [5.41, 5.74) is 2.67. The van der Waals surface area contributed by atoms with E-state index in [1.165, 1.54) is 0 Å². The Labute approximate surface area is 170 Å². The van der Waals surface area contributed by atoms with Gasteiger partial charge in [-0.1, -0.05) is 17.7 Å². The maximum absolute atomic E-state index is 12.6. The Morgan fingerprint density at radius 3 is 2.41 bits per heavy atom. The number of rotatable bonds is 5. The van der Waals surface area contributed by atoms with Crippen LogP contribution in [-0.4, -0.2) is 43.1 Å². The maximum Gasteiger partial charge on any atom is 0.238 e. The third-order valence-corrected chi connectivity index (χ3v) is 5.30. The predicted octanol–water partition coefficient (Wildman–Crippen LogP) is 3.01. The van der Waals surface area contributed by atoms with E-state index in [-0.39, 0.29) is 24.5 Å². The van der Waals surface area contributed by atoms with Crippen molar-refractivity contribution < 1.29 is 19.1 Å². The number of likely N-dealkylation sites (tertiary alicyclic amines) is 1. The first-order valence-electron chi connectivity index (χ1n) is 9.86. The van der Waals surface area contributed by atoms with Gasteiger partial charge in [0.05, 0.1) is 6.54 Å². The van der Waals surface area contributed by atoms with Gasteiger partial charge in [0.25, 0.3) is 0 Å².